The van der Waals surface area contributed by atoms with Crippen molar-refractivity contribution in [2.24, 2.45) is 0 Å². The molecule has 3 aromatic rings. The number of fused-ring (bicyclic) bond motifs is 3. The van der Waals surface area contributed by atoms with Gasteiger partial charge in [0.05, 0.1) is 0 Å². The van der Waals surface area contributed by atoms with E-state index in [2.05, 4.69) is 38.4 Å². The number of carboxylic acids is 1. The summed E-state index contributed by atoms with van der Waals surface area (Å²) in [6.07, 6.45) is 3.30. The van der Waals surface area contributed by atoms with Crippen molar-refractivity contribution in [1.29, 1.82) is 0 Å². The van der Waals surface area contributed by atoms with Gasteiger partial charge in [0.2, 0.25) is 0 Å². The zero-order valence-corrected chi connectivity index (χ0v) is 18.2. The number of alkyl carbamates (subject to hydrolysis) is 1. The summed E-state index contributed by atoms with van der Waals surface area (Å²) in [5.74, 6) is -1.18. The van der Waals surface area contributed by atoms with Crippen LogP contribution in [0.3, 0.4) is 0 Å². The Kier molecular flexibility index (Phi) is 6.32. The fourth-order valence-electron chi connectivity index (χ4n) is 3.94. The molecule has 7 heteroatoms. The van der Waals surface area contributed by atoms with Crippen LogP contribution in [0.15, 0.2) is 71.5 Å². The molecule has 0 aliphatic heterocycles. The normalized spacial score (nSPS) is 13.2. The van der Waals surface area contributed by atoms with Gasteiger partial charge in [-0.25, -0.2) is 9.59 Å². The van der Waals surface area contributed by atoms with Crippen LogP contribution in [0.4, 0.5) is 4.79 Å². The van der Waals surface area contributed by atoms with Crippen LogP contribution >= 0.6 is 15.9 Å². The zero-order valence-electron chi connectivity index (χ0n) is 16.6. The third kappa shape index (κ3) is 4.77. The molecule has 1 aromatic heterocycles. The van der Waals surface area contributed by atoms with Gasteiger partial charge in [0, 0.05) is 22.8 Å². The molecular weight excluding hydrogens is 460 g/mol. The minimum Gasteiger partial charge on any atom is -0.480 e. The number of carbonyl (C=O) groups is 2. The van der Waals surface area contributed by atoms with Gasteiger partial charge in [-0.2, -0.15) is 0 Å². The standard InChI is InChI=1S/C24H21BrN2O4/c25-16-11-15(12-26-13-16)9-10-22(23(28)29)27-24(30)31-14-21-19-7-3-1-5-17(19)18-6-2-4-8-20(18)21/h1-8,11-13,21-22H,9-10,14H2,(H,27,30)(H,28,29). The molecule has 4 rings (SSSR count). The Hall–Kier alpha value is -3.19. The van der Waals surface area contributed by atoms with Gasteiger partial charge in [-0.05, 0) is 62.7 Å². The molecule has 2 N–H and O–H groups in total. The molecule has 0 bridgehead atoms. The van der Waals surface area contributed by atoms with E-state index < -0.39 is 18.1 Å². The van der Waals surface area contributed by atoms with Gasteiger partial charge < -0.3 is 15.2 Å². The summed E-state index contributed by atoms with van der Waals surface area (Å²) in [7, 11) is 0. The number of nitrogens with one attached hydrogen (secondary N) is 1. The number of pyridine rings is 1. The molecule has 158 valence electrons. The van der Waals surface area contributed by atoms with Crippen molar-refractivity contribution >= 4 is 28.0 Å². The number of carbonyl (C=O) groups excluding carboxylic acids is 1. The monoisotopic (exact) mass is 480 g/mol. The number of hydrogen-bond donors (Lipinski definition) is 2. The highest BCUT2D eigenvalue weighted by Crippen LogP contribution is 2.44. The first kappa shape index (κ1) is 21.1. The molecule has 0 radical (unpaired) electrons. The van der Waals surface area contributed by atoms with Gasteiger partial charge in [-0.15, -0.1) is 0 Å². The van der Waals surface area contributed by atoms with Gasteiger partial charge >= 0.3 is 12.1 Å². The number of aromatic nitrogens is 1. The molecule has 1 atom stereocenters. The number of rotatable bonds is 7. The molecule has 1 aliphatic carbocycles. The lowest BCUT2D eigenvalue weighted by atomic mass is 9.98. The second-order valence-corrected chi connectivity index (χ2v) is 8.33. The van der Waals surface area contributed by atoms with E-state index in [0.29, 0.717) is 6.42 Å². The van der Waals surface area contributed by atoms with E-state index in [-0.39, 0.29) is 18.9 Å². The average Bonchev–Trinajstić information content (AvgIpc) is 3.09. The van der Waals surface area contributed by atoms with Crippen molar-refractivity contribution in [3.63, 3.8) is 0 Å². The number of amides is 1. The molecule has 0 saturated carbocycles. The molecule has 6 nitrogen and oxygen atoms in total. The number of ether oxygens (including phenoxy) is 1. The minimum atomic E-state index is -1.10. The Morgan fingerprint density at radius 3 is 2.32 bits per heavy atom. The van der Waals surface area contributed by atoms with E-state index in [0.717, 1.165) is 32.3 Å². The molecule has 1 aliphatic rings. The Morgan fingerprint density at radius 2 is 1.71 bits per heavy atom. The summed E-state index contributed by atoms with van der Waals surface area (Å²) in [6, 6.07) is 16.9. The van der Waals surface area contributed by atoms with Crippen LogP contribution in [0.2, 0.25) is 0 Å². The first-order chi connectivity index (χ1) is 15.0. The molecule has 2 aromatic carbocycles. The van der Waals surface area contributed by atoms with Crippen molar-refractivity contribution in [3.8, 4) is 11.1 Å². The van der Waals surface area contributed by atoms with E-state index in [1.807, 2.05) is 42.5 Å². The molecule has 1 heterocycles. The van der Waals surface area contributed by atoms with E-state index in [1.165, 1.54) is 0 Å². The van der Waals surface area contributed by atoms with Crippen LogP contribution in [-0.2, 0) is 16.0 Å². The van der Waals surface area contributed by atoms with Crippen molar-refractivity contribution in [3.05, 3.63) is 88.2 Å². The molecule has 1 unspecified atom stereocenters. The second kappa shape index (κ2) is 9.31. The fourth-order valence-corrected chi connectivity index (χ4v) is 4.36. The zero-order chi connectivity index (χ0) is 21.8. The molecule has 0 fully saturated rings. The minimum absolute atomic E-state index is 0.0748. The number of aliphatic carboxylic acids is 1. The third-order valence-corrected chi connectivity index (χ3v) is 5.85. The van der Waals surface area contributed by atoms with E-state index in [1.54, 1.807) is 12.4 Å². The lowest BCUT2D eigenvalue weighted by molar-refractivity contribution is -0.139. The average molecular weight is 481 g/mol. The highest BCUT2D eigenvalue weighted by molar-refractivity contribution is 9.10. The predicted octanol–water partition coefficient (Wildman–Crippen LogP) is 4.77. The summed E-state index contributed by atoms with van der Waals surface area (Å²) in [5, 5.41) is 12.0. The molecule has 0 spiro atoms. The maximum absolute atomic E-state index is 12.4. The van der Waals surface area contributed by atoms with Gasteiger partial charge in [-0.1, -0.05) is 48.5 Å². The van der Waals surface area contributed by atoms with E-state index in [9.17, 15) is 14.7 Å². The van der Waals surface area contributed by atoms with Crippen LogP contribution in [0.25, 0.3) is 11.1 Å². The van der Waals surface area contributed by atoms with Crippen LogP contribution in [0, 0.1) is 0 Å². The number of halogens is 1. The van der Waals surface area contributed by atoms with Crippen molar-refractivity contribution < 1.29 is 19.4 Å². The molecule has 0 saturated heterocycles. The number of carboxylic acid groups (broad SMARTS) is 1. The molecular formula is C24H21BrN2O4. The van der Waals surface area contributed by atoms with E-state index >= 15 is 0 Å². The first-order valence-corrected chi connectivity index (χ1v) is 10.8. The Bertz CT molecular complexity index is 1070. The van der Waals surface area contributed by atoms with Gasteiger partial charge in [0.1, 0.15) is 12.6 Å². The largest absolute Gasteiger partial charge is 0.480 e. The first-order valence-electron chi connectivity index (χ1n) is 9.96. The SMILES string of the molecule is O=C(NC(CCc1cncc(Br)c1)C(=O)O)OCC1c2ccccc2-c2ccccc21. The lowest BCUT2D eigenvalue weighted by Gasteiger charge is -2.17. The summed E-state index contributed by atoms with van der Waals surface area (Å²) >= 11 is 3.35. The van der Waals surface area contributed by atoms with Crippen LogP contribution < -0.4 is 5.32 Å². The summed E-state index contributed by atoms with van der Waals surface area (Å²) < 4.78 is 6.28. The second-order valence-electron chi connectivity index (χ2n) is 7.41. The lowest BCUT2D eigenvalue weighted by Crippen LogP contribution is -2.41. The van der Waals surface area contributed by atoms with E-state index in [4.69, 9.17) is 4.74 Å². The number of nitrogens with zero attached hydrogens (tertiary/aromatic N) is 1. The predicted molar refractivity (Wildman–Crippen MR) is 120 cm³/mol. The van der Waals surface area contributed by atoms with Gasteiger partial charge in [0.15, 0.2) is 0 Å². The van der Waals surface area contributed by atoms with Gasteiger partial charge in [0.25, 0.3) is 0 Å². The smallest absolute Gasteiger partial charge is 0.407 e. The Balaban J connectivity index is 1.38. The summed E-state index contributed by atoms with van der Waals surface area (Å²) in [5.41, 5.74) is 5.37. The maximum atomic E-state index is 12.4. The number of aryl methyl sites for hydroxylation is 1. The maximum Gasteiger partial charge on any atom is 0.407 e. The highest BCUT2D eigenvalue weighted by Gasteiger charge is 2.29. The van der Waals surface area contributed by atoms with Crippen molar-refractivity contribution in [2.75, 3.05) is 6.61 Å². The van der Waals surface area contributed by atoms with Crippen molar-refractivity contribution in [1.82, 2.24) is 10.3 Å². The number of benzene rings is 2. The molecule has 1 amide bonds. The van der Waals surface area contributed by atoms with Gasteiger partial charge in [-0.3, -0.25) is 4.98 Å². The van der Waals surface area contributed by atoms with Crippen LogP contribution in [0.5, 0.6) is 0 Å². The topological polar surface area (TPSA) is 88.5 Å². The fraction of sp³-hybridized carbons (Fsp3) is 0.208. The Labute approximate surface area is 188 Å². The summed E-state index contributed by atoms with van der Waals surface area (Å²) in [4.78, 5) is 28.1. The third-order valence-electron chi connectivity index (χ3n) is 5.42. The quantitative estimate of drug-likeness (QED) is 0.508. The summed E-state index contributed by atoms with van der Waals surface area (Å²) in [6.45, 7) is 0.141. The number of hydrogen-bond acceptors (Lipinski definition) is 4. The highest BCUT2D eigenvalue weighted by atomic mass is 79.9. The van der Waals surface area contributed by atoms with Crippen LogP contribution in [0.1, 0.15) is 29.0 Å². The Morgan fingerprint density at radius 1 is 1.06 bits per heavy atom. The van der Waals surface area contributed by atoms with Crippen LogP contribution in [-0.4, -0.2) is 34.8 Å². The van der Waals surface area contributed by atoms with Crippen molar-refractivity contribution in [2.45, 2.75) is 24.8 Å². The molecule has 31 heavy (non-hydrogen) atoms.